The first-order valence-corrected chi connectivity index (χ1v) is 11.7. The van der Waals surface area contributed by atoms with Gasteiger partial charge < -0.3 is 9.47 Å². The molecule has 31 heavy (non-hydrogen) atoms. The Morgan fingerprint density at radius 1 is 1.42 bits per heavy atom. The maximum absolute atomic E-state index is 12.9. The molecule has 3 heterocycles. The van der Waals surface area contributed by atoms with Crippen LogP contribution in [0.2, 0.25) is 0 Å². The predicted molar refractivity (Wildman–Crippen MR) is 109 cm³/mol. The lowest BCUT2D eigenvalue weighted by atomic mass is 10.0. The fourth-order valence-electron chi connectivity index (χ4n) is 3.33. The van der Waals surface area contributed by atoms with Crippen molar-refractivity contribution in [2.24, 2.45) is 5.92 Å². The lowest BCUT2D eigenvalue weighted by Gasteiger charge is -2.34. The van der Waals surface area contributed by atoms with Crippen LogP contribution in [0.4, 0.5) is 0 Å². The third-order valence-corrected chi connectivity index (χ3v) is 6.83. The van der Waals surface area contributed by atoms with Crippen LogP contribution in [0.3, 0.4) is 0 Å². The minimum Gasteiger partial charge on any atom is -0.463 e. The van der Waals surface area contributed by atoms with Crippen LogP contribution >= 0.6 is 19.4 Å². The normalized spacial score (nSPS) is 33.8. The first-order valence-electron chi connectivity index (χ1n) is 9.87. The number of carbonyl (C=O) groups is 1. The molecule has 6 atom stereocenters. The molecule has 1 N–H and O–H groups in total. The molecule has 0 amide bonds. The third-order valence-electron chi connectivity index (χ3n) is 4.98. The third kappa shape index (κ3) is 5.30. The number of alkyl halides is 1. The smallest absolute Gasteiger partial charge is 0.463 e. The van der Waals surface area contributed by atoms with E-state index in [1.807, 2.05) is 0 Å². The Hall–Kier alpha value is -1.49. The highest BCUT2D eigenvalue weighted by atomic mass is 35.5. The van der Waals surface area contributed by atoms with E-state index < -0.39 is 48.3 Å². The van der Waals surface area contributed by atoms with Crippen molar-refractivity contribution < 1.29 is 32.4 Å². The number of fused-ring (bicyclic) bond motifs is 1. The Kier molecular flexibility index (Phi) is 7.15. The summed E-state index contributed by atoms with van der Waals surface area (Å²) in [5.74, 6) is -0.842. The van der Waals surface area contributed by atoms with Gasteiger partial charge >= 0.3 is 19.5 Å². The van der Waals surface area contributed by atoms with Crippen LogP contribution in [0.5, 0.6) is 0 Å². The van der Waals surface area contributed by atoms with Gasteiger partial charge in [-0.1, -0.05) is 6.92 Å². The van der Waals surface area contributed by atoms with Crippen molar-refractivity contribution in [1.29, 1.82) is 0 Å². The van der Waals surface area contributed by atoms with Gasteiger partial charge in [0.25, 0.3) is 5.56 Å². The number of nitrogens with zero attached hydrogens (tertiary/aromatic N) is 1. The molecule has 3 rings (SSSR count). The van der Waals surface area contributed by atoms with E-state index in [0.717, 1.165) is 10.6 Å². The van der Waals surface area contributed by atoms with Gasteiger partial charge in [-0.05, 0) is 27.2 Å². The van der Waals surface area contributed by atoms with Crippen molar-refractivity contribution >= 4 is 25.4 Å². The zero-order valence-electron chi connectivity index (χ0n) is 17.6. The largest absolute Gasteiger partial charge is 0.475 e. The summed E-state index contributed by atoms with van der Waals surface area (Å²) in [6.07, 6.45) is -1.35. The molecule has 1 aromatic rings. The molecule has 174 valence electrons. The summed E-state index contributed by atoms with van der Waals surface area (Å²) in [6.45, 7) is 6.55. The minimum absolute atomic E-state index is 0.0638. The monoisotopic (exact) mass is 480 g/mol. The maximum atomic E-state index is 12.9. The van der Waals surface area contributed by atoms with Crippen LogP contribution in [0.25, 0.3) is 0 Å². The number of aromatic nitrogens is 2. The second kappa shape index (κ2) is 9.17. The Balaban J connectivity index is 1.65. The van der Waals surface area contributed by atoms with Crippen LogP contribution in [-0.2, 0) is 32.4 Å². The van der Waals surface area contributed by atoms with E-state index in [1.54, 1.807) is 27.7 Å². The van der Waals surface area contributed by atoms with Gasteiger partial charge in [0.15, 0.2) is 6.23 Å². The van der Waals surface area contributed by atoms with Gasteiger partial charge in [0, 0.05) is 12.3 Å². The second-order valence-electron chi connectivity index (χ2n) is 7.97. The summed E-state index contributed by atoms with van der Waals surface area (Å²) >= 11 is 6.66. The molecule has 0 unspecified atom stereocenters. The van der Waals surface area contributed by atoms with Gasteiger partial charge in [-0.2, -0.15) is 0 Å². The van der Waals surface area contributed by atoms with Crippen molar-refractivity contribution in [3.8, 4) is 0 Å². The summed E-state index contributed by atoms with van der Waals surface area (Å²) in [5, 5.41) is 0. The average Bonchev–Trinajstić information content (AvgIpc) is 2.91. The first-order chi connectivity index (χ1) is 14.4. The van der Waals surface area contributed by atoms with Gasteiger partial charge in [-0.3, -0.25) is 32.7 Å². The van der Waals surface area contributed by atoms with Gasteiger partial charge in [0.1, 0.15) is 17.1 Å². The molecule has 13 heteroatoms. The zero-order valence-corrected chi connectivity index (χ0v) is 19.3. The average molecular weight is 481 g/mol. The Morgan fingerprint density at radius 3 is 2.77 bits per heavy atom. The van der Waals surface area contributed by atoms with Crippen molar-refractivity contribution in [3.05, 3.63) is 33.1 Å². The number of H-pyrrole nitrogens is 1. The van der Waals surface area contributed by atoms with Crippen LogP contribution < -0.4 is 11.2 Å². The molecule has 2 saturated heterocycles. The maximum Gasteiger partial charge on any atom is 0.475 e. The lowest BCUT2D eigenvalue weighted by molar-refractivity contribution is -0.152. The summed E-state index contributed by atoms with van der Waals surface area (Å²) in [5.41, 5.74) is -1.26. The fourth-order valence-corrected chi connectivity index (χ4v) is 5.22. The van der Waals surface area contributed by atoms with Gasteiger partial charge in [-0.25, -0.2) is 9.36 Å². The number of carbonyl (C=O) groups excluding carboxylic acids is 1. The molecule has 2 aliphatic rings. The standard InChI is InChI=1S/C18H26ClN2O9P/c1-10(2)28-15(23)11(3)6-8-26-31(25)27-9-12-14(30-31)18(4,19)16(29-12)21-7-5-13(22)20-17(21)24/h5,7,10-12,14,16H,6,8-9H2,1-4H3,(H,20,22,24)/t11-,12+,14+,16+,18+,31+/m0/s1. The molecule has 0 aliphatic carbocycles. The van der Waals surface area contributed by atoms with E-state index in [1.165, 1.54) is 6.20 Å². The first kappa shape index (κ1) is 24.2. The van der Waals surface area contributed by atoms with Crippen LogP contribution in [0, 0.1) is 5.92 Å². The zero-order chi connectivity index (χ0) is 23.0. The Bertz CT molecular complexity index is 975. The molecule has 11 nitrogen and oxygen atoms in total. The number of aromatic amines is 1. The number of halogens is 1. The molecule has 2 aliphatic heterocycles. The van der Waals surface area contributed by atoms with Gasteiger partial charge in [0.05, 0.1) is 25.2 Å². The van der Waals surface area contributed by atoms with E-state index >= 15 is 0 Å². The number of phosphoric acid groups is 1. The predicted octanol–water partition coefficient (Wildman–Crippen LogP) is 1.95. The molecule has 0 bridgehead atoms. The minimum atomic E-state index is -3.98. The number of hydrogen-bond donors (Lipinski definition) is 1. The van der Waals surface area contributed by atoms with Crippen LogP contribution in [0.15, 0.2) is 21.9 Å². The summed E-state index contributed by atoms with van der Waals surface area (Å²) < 4.78 is 41.2. The van der Waals surface area contributed by atoms with Crippen molar-refractivity contribution in [3.63, 3.8) is 0 Å². The van der Waals surface area contributed by atoms with E-state index in [-0.39, 0.29) is 31.7 Å². The van der Waals surface area contributed by atoms with Gasteiger partial charge in [0.2, 0.25) is 0 Å². The molecule has 1 aromatic heterocycles. The highest BCUT2D eigenvalue weighted by molar-refractivity contribution is 7.48. The van der Waals surface area contributed by atoms with E-state index in [2.05, 4.69) is 4.98 Å². The van der Waals surface area contributed by atoms with Crippen LogP contribution in [0.1, 0.15) is 40.3 Å². The highest BCUT2D eigenvalue weighted by Gasteiger charge is 2.60. The SMILES string of the molecule is CC(C)OC(=O)[C@@H](C)CCO[P@]1(=O)OC[C@H]2O[C@@H](n3ccc(=O)[nH]c3=O)[C@](C)(Cl)[C@@H]2O1. The quantitative estimate of drug-likeness (QED) is 0.353. The van der Waals surface area contributed by atoms with E-state index in [0.29, 0.717) is 0 Å². The Morgan fingerprint density at radius 2 is 2.13 bits per heavy atom. The summed E-state index contributed by atoms with van der Waals surface area (Å²) in [4.78, 5) is 36.2. The summed E-state index contributed by atoms with van der Waals surface area (Å²) in [6, 6.07) is 1.16. The molecule has 0 radical (unpaired) electrons. The van der Waals surface area contributed by atoms with Crippen molar-refractivity contribution in [2.45, 2.75) is 63.5 Å². The Labute approximate surface area is 183 Å². The molecule has 0 saturated carbocycles. The summed E-state index contributed by atoms with van der Waals surface area (Å²) in [7, 11) is -3.98. The number of esters is 1. The van der Waals surface area contributed by atoms with Crippen molar-refractivity contribution in [1.82, 2.24) is 9.55 Å². The number of phosphoric ester groups is 1. The number of ether oxygens (including phenoxy) is 2. The molecular formula is C18H26ClN2O9P. The number of rotatable bonds is 7. The van der Waals surface area contributed by atoms with E-state index in [4.69, 9.17) is 34.6 Å². The topological polar surface area (TPSA) is 135 Å². The van der Waals surface area contributed by atoms with E-state index in [9.17, 15) is 18.9 Å². The van der Waals surface area contributed by atoms with Gasteiger partial charge in [-0.15, -0.1) is 11.6 Å². The molecule has 2 fully saturated rings. The molecule has 0 aromatic carbocycles. The second-order valence-corrected chi connectivity index (χ2v) is 10.4. The molecule has 0 spiro atoms. The number of hydrogen-bond acceptors (Lipinski definition) is 9. The highest BCUT2D eigenvalue weighted by Crippen LogP contribution is 2.60. The lowest BCUT2D eigenvalue weighted by Crippen LogP contribution is -2.45. The van der Waals surface area contributed by atoms with Crippen LogP contribution in [-0.4, -0.2) is 51.9 Å². The number of nitrogens with one attached hydrogen (secondary N) is 1. The fraction of sp³-hybridized carbons (Fsp3) is 0.722. The molecular weight excluding hydrogens is 455 g/mol. The van der Waals surface area contributed by atoms with Crippen molar-refractivity contribution in [2.75, 3.05) is 13.2 Å².